The second kappa shape index (κ2) is 2.96. The quantitative estimate of drug-likeness (QED) is 0.725. The van der Waals surface area contributed by atoms with E-state index in [1.54, 1.807) is 0 Å². The van der Waals surface area contributed by atoms with Gasteiger partial charge in [0.2, 0.25) is 0 Å². The normalized spacial score (nSPS) is 55.3. The van der Waals surface area contributed by atoms with Crippen LogP contribution < -0.4 is 5.32 Å². The maximum absolute atomic E-state index is 5.69. The van der Waals surface area contributed by atoms with E-state index in [4.69, 9.17) is 4.74 Å². The van der Waals surface area contributed by atoms with Crippen molar-refractivity contribution in [2.75, 3.05) is 14.2 Å². The minimum atomic E-state index is 0.492. The lowest BCUT2D eigenvalue weighted by Crippen LogP contribution is -2.62. The van der Waals surface area contributed by atoms with Gasteiger partial charge in [0.05, 0.1) is 6.10 Å². The predicted octanol–water partition coefficient (Wildman–Crippen LogP) is 1.80. The van der Waals surface area contributed by atoms with Crippen LogP contribution in [0.5, 0.6) is 0 Å². The van der Waals surface area contributed by atoms with Gasteiger partial charge in [-0.05, 0) is 56.9 Å². The fourth-order valence-corrected chi connectivity index (χ4v) is 4.67. The summed E-state index contributed by atoms with van der Waals surface area (Å²) in [7, 11) is 4.05. The molecule has 0 aromatic heterocycles. The van der Waals surface area contributed by atoms with Crippen molar-refractivity contribution < 1.29 is 4.74 Å². The number of nitrogens with one attached hydrogen (secondary N) is 1. The Labute approximate surface area is 86.4 Å². The average molecular weight is 195 g/mol. The fraction of sp³-hybridized carbons (Fsp3) is 1.00. The second-order valence-electron chi connectivity index (χ2n) is 5.70. The summed E-state index contributed by atoms with van der Waals surface area (Å²) in [5.41, 5.74) is 0.492. The first-order valence-corrected chi connectivity index (χ1v) is 5.98. The van der Waals surface area contributed by atoms with Crippen molar-refractivity contribution in [1.29, 1.82) is 0 Å². The Morgan fingerprint density at radius 1 is 1.14 bits per heavy atom. The third-order valence-corrected chi connectivity index (χ3v) is 4.99. The molecule has 4 rings (SSSR count). The van der Waals surface area contributed by atoms with Crippen LogP contribution in [-0.4, -0.2) is 25.8 Å². The molecule has 2 heteroatoms. The minimum Gasteiger partial charge on any atom is -0.381 e. The monoisotopic (exact) mass is 195 g/mol. The van der Waals surface area contributed by atoms with E-state index in [-0.39, 0.29) is 0 Å². The molecule has 2 nitrogen and oxygen atoms in total. The topological polar surface area (TPSA) is 21.3 Å². The summed E-state index contributed by atoms with van der Waals surface area (Å²) < 4.78 is 5.69. The Kier molecular flexibility index (Phi) is 1.94. The second-order valence-corrected chi connectivity index (χ2v) is 5.70. The van der Waals surface area contributed by atoms with Gasteiger partial charge in [0.1, 0.15) is 0 Å². The molecule has 14 heavy (non-hydrogen) atoms. The highest BCUT2D eigenvalue weighted by atomic mass is 16.5. The van der Waals surface area contributed by atoms with E-state index in [1.807, 2.05) is 7.11 Å². The number of ether oxygens (including phenoxy) is 1. The molecule has 0 heterocycles. The Balaban J connectivity index is 1.88. The van der Waals surface area contributed by atoms with Crippen LogP contribution in [0.3, 0.4) is 0 Å². The molecule has 4 aliphatic carbocycles. The van der Waals surface area contributed by atoms with Crippen molar-refractivity contribution in [3.8, 4) is 0 Å². The molecule has 4 fully saturated rings. The van der Waals surface area contributed by atoms with Gasteiger partial charge >= 0.3 is 0 Å². The van der Waals surface area contributed by atoms with E-state index < -0.39 is 0 Å². The van der Waals surface area contributed by atoms with Crippen LogP contribution in [0.2, 0.25) is 0 Å². The van der Waals surface area contributed by atoms with Gasteiger partial charge in [-0.15, -0.1) is 0 Å². The first-order chi connectivity index (χ1) is 6.76. The van der Waals surface area contributed by atoms with Crippen LogP contribution in [0.25, 0.3) is 0 Å². The molecule has 0 radical (unpaired) electrons. The molecule has 5 atom stereocenters. The predicted molar refractivity (Wildman–Crippen MR) is 56.1 cm³/mol. The standard InChI is InChI=1S/C12H21NO/c1-13-12-5-8-3-9(6-12)11(14-2)10(4-8)7-12/h8-11,13H,3-7H2,1-2H3/t8?,9-,10+,11?,12?. The van der Waals surface area contributed by atoms with Gasteiger partial charge in [-0.1, -0.05) is 0 Å². The minimum absolute atomic E-state index is 0.492. The third-order valence-electron chi connectivity index (χ3n) is 4.99. The van der Waals surface area contributed by atoms with Crippen LogP contribution in [0.4, 0.5) is 0 Å². The lowest BCUT2D eigenvalue weighted by molar-refractivity contribution is -0.126. The molecule has 0 aromatic rings. The smallest absolute Gasteiger partial charge is 0.0629 e. The molecular weight excluding hydrogens is 174 g/mol. The van der Waals surface area contributed by atoms with Gasteiger partial charge in [0.15, 0.2) is 0 Å². The van der Waals surface area contributed by atoms with E-state index in [0.29, 0.717) is 11.6 Å². The molecule has 1 N–H and O–H groups in total. The molecular formula is C12H21NO. The zero-order chi connectivity index (χ0) is 9.76. The number of hydrogen-bond acceptors (Lipinski definition) is 2. The summed E-state index contributed by atoms with van der Waals surface area (Å²) in [6.45, 7) is 0. The molecule has 0 amide bonds. The number of methoxy groups -OCH3 is 1. The summed E-state index contributed by atoms with van der Waals surface area (Å²) in [6, 6.07) is 0. The lowest BCUT2D eigenvalue weighted by atomic mass is 9.52. The highest BCUT2D eigenvalue weighted by molar-refractivity contribution is 5.09. The summed E-state index contributed by atoms with van der Waals surface area (Å²) in [5.74, 6) is 2.68. The summed E-state index contributed by atoms with van der Waals surface area (Å²) >= 11 is 0. The highest BCUT2D eigenvalue weighted by Gasteiger charge is 2.54. The molecule has 0 spiro atoms. The van der Waals surface area contributed by atoms with Gasteiger partial charge in [0.25, 0.3) is 0 Å². The first-order valence-electron chi connectivity index (χ1n) is 5.98. The van der Waals surface area contributed by atoms with Crippen molar-refractivity contribution in [3.63, 3.8) is 0 Å². The van der Waals surface area contributed by atoms with Crippen molar-refractivity contribution in [2.45, 2.75) is 43.7 Å². The van der Waals surface area contributed by atoms with Crippen molar-refractivity contribution in [1.82, 2.24) is 5.32 Å². The molecule has 4 saturated carbocycles. The van der Waals surface area contributed by atoms with Gasteiger partial charge in [-0.25, -0.2) is 0 Å². The first kappa shape index (κ1) is 9.17. The van der Waals surface area contributed by atoms with Crippen LogP contribution >= 0.6 is 0 Å². The van der Waals surface area contributed by atoms with E-state index in [9.17, 15) is 0 Å². The summed E-state index contributed by atoms with van der Waals surface area (Å²) in [4.78, 5) is 0. The zero-order valence-electron chi connectivity index (χ0n) is 9.25. The van der Waals surface area contributed by atoms with E-state index in [0.717, 1.165) is 17.8 Å². The van der Waals surface area contributed by atoms with E-state index in [2.05, 4.69) is 12.4 Å². The van der Waals surface area contributed by atoms with Crippen molar-refractivity contribution in [3.05, 3.63) is 0 Å². The van der Waals surface area contributed by atoms with Crippen molar-refractivity contribution >= 4 is 0 Å². The Bertz CT molecular complexity index is 224. The molecule has 80 valence electrons. The Morgan fingerprint density at radius 3 is 2.29 bits per heavy atom. The summed E-state index contributed by atoms with van der Waals surface area (Å²) in [5, 5.41) is 3.60. The molecule has 3 unspecified atom stereocenters. The Hall–Kier alpha value is -0.0800. The molecule has 4 bridgehead atoms. The SMILES string of the molecule is CNC12CC3C[C@H](C1)C(OC)[C@@H](C3)C2. The van der Waals surface area contributed by atoms with Crippen LogP contribution in [0.15, 0.2) is 0 Å². The van der Waals surface area contributed by atoms with Crippen LogP contribution in [0.1, 0.15) is 32.1 Å². The van der Waals surface area contributed by atoms with Gasteiger partial charge < -0.3 is 10.1 Å². The number of hydrogen-bond donors (Lipinski definition) is 1. The maximum Gasteiger partial charge on any atom is 0.0629 e. The maximum atomic E-state index is 5.69. The van der Waals surface area contributed by atoms with E-state index in [1.165, 1.54) is 32.1 Å². The summed E-state index contributed by atoms with van der Waals surface area (Å²) in [6.07, 6.45) is 7.57. The van der Waals surface area contributed by atoms with Gasteiger partial charge in [-0.2, -0.15) is 0 Å². The highest BCUT2D eigenvalue weighted by Crippen LogP contribution is 2.56. The Morgan fingerprint density at radius 2 is 1.79 bits per heavy atom. The fourth-order valence-electron chi connectivity index (χ4n) is 4.67. The van der Waals surface area contributed by atoms with E-state index >= 15 is 0 Å². The molecule has 4 aliphatic rings. The molecule has 0 aliphatic heterocycles. The molecule has 0 saturated heterocycles. The molecule has 0 aromatic carbocycles. The van der Waals surface area contributed by atoms with Crippen LogP contribution in [0, 0.1) is 17.8 Å². The zero-order valence-corrected chi connectivity index (χ0v) is 9.25. The number of rotatable bonds is 2. The largest absolute Gasteiger partial charge is 0.381 e. The van der Waals surface area contributed by atoms with Crippen molar-refractivity contribution in [2.24, 2.45) is 17.8 Å². The average Bonchev–Trinajstić information content (AvgIpc) is 2.17. The third kappa shape index (κ3) is 1.10. The van der Waals surface area contributed by atoms with Gasteiger partial charge in [-0.3, -0.25) is 0 Å². The van der Waals surface area contributed by atoms with Gasteiger partial charge in [0, 0.05) is 12.6 Å². The lowest BCUT2D eigenvalue weighted by Gasteiger charge is -2.59. The van der Waals surface area contributed by atoms with Crippen LogP contribution in [-0.2, 0) is 4.74 Å².